The van der Waals surface area contributed by atoms with Gasteiger partial charge < -0.3 is 5.32 Å². The standard InChI is InChI=1S/C17H28FN/c1-5-7-8-14(6-2)12-17(19-4)15-11-13(3)9-10-16(15)18/h9-11,14,17,19H,5-8,12H2,1-4H3. The summed E-state index contributed by atoms with van der Waals surface area (Å²) in [7, 11) is 1.93. The molecule has 0 spiro atoms. The molecular weight excluding hydrogens is 237 g/mol. The molecule has 1 rings (SSSR count). The molecule has 0 aliphatic heterocycles. The molecule has 0 saturated carbocycles. The summed E-state index contributed by atoms with van der Waals surface area (Å²) < 4.78 is 14.0. The number of rotatable bonds is 8. The number of hydrogen-bond acceptors (Lipinski definition) is 1. The monoisotopic (exact) mass is 265 g/mol. The van der Waals surface area contributed by atoms with Crippen LogP contribution in [0.15, 0.2) is 18.2 Å². The molecule has 19 heavy (non-hydrogen) atoms. The lowest BCUT2D eigenvalue weighted by atomic mass is 9.88. The molecule has 0 aromatic heterocycles. The molecule has 0 heterocycles. The van der Waals surface area contributed by atoms with Gasteiger partial charge in [-0.2, -0.15) is 0 Å². The van der Waals surface area contributed by atoms with Crippen LogP contribution < -0.4 is 5.32 Å². The summed E-state index contributed by atoms with van der Waals surface area (Å²) in [6.45, 7) is 6.48. The summed E-state index contributed by atoms with van der Waals surface area (Å²) >= 11 is 0. The van der Waals surface area contributed by atoms with Gasteiger partial charge in [-0.15, -0.1) is 0 Å². The van der Waals surface area contributed by atoms with E-state index in [0.717, 1.165) is 17.5 Å². The van der Waals surface area contributed by atoms with Crippen LogP contribution in [0.1, 0.15) is 63.1 Å². The molecule has 1 aromatic rings. The van der Waals surface area contributed by atoms with Gasteiger partial charge in [-0.05, 0) is 32.4 Å². The van der Waals surface area contributed by atoms with Crippen LogP contribution in [0.4, 0.5) is 4.39 Å². The lowest BCUT2D eigenvalue weighted by molar-refractivity contribution is 0.359. The first-order chi connectivity index (χ1) is 9.12. The van der Waals surface area contributed by atoms with E-state index in [2.05, 4.69) is 19.2 Å². The molecule has 1 nitrogen and oxygen atoms in total. The van der Waals surface area contributed by atoms with Gasteiger partial charge in [-0.3, -0.25) is 0 Å². The smallest absolute Gasteiger partial charge is 0.127 e. The molecule has 2 atom stereocenters. The number of unbranched alkanes of at least 4 members (excludes halogenated alkanes) is 1. The van der Waals surface area contributed by atoms with Crippen LogP contribution in [0.3, 0.4) is 0 Å². The van der Waals surface area contributed by atoms with Gasteiger partial charge in [-0.1, -0.05) is 57.2 Å². The van der Waals surface area contributed by atoms with Crippen LogP contribution >= 0.6 is 0 Å². The van der Waals surface area contributed by atoms with Crippen molar-refractivity contribution in [1.82, 2.24) is 5.32 Å². The van der Waals surface area contributed by atoms with E-state index in [9.17, 15) is 4.39 Å². The zero-order valence-corrected chi connectivity index (χ0v) is 12.8. The molecule has 0 aliphatic rings. The molecule has 108 valence electrons. The van der Waals surface area contributed by atoms with Gasteiger partial charge in [0, 0.05) is 11.6 Å². The van der Waals surface area contributed by atoms with Crippen LogP contribution in [0.25, 0.3) is 0 Å². The Morgan fingerprint density at radius 2 is 2.00 bits per heavy atom. The number of hydrogen-bond donors (Lipinski definition) is 1. The minimum atomic E-state index is -0.0877. The maximum Gasteiger partial charge on any atom is 0.127 e. The molecule has 0 amide bonds. The Hall–Kier alpha value is -0.890. The van der Waals surface area contributed by atoms with Crippen molar-refractivity contribution in [3.05, 3.63) is 35.1 Å². The number of halogens is 1. The SMILES string of the molecule is CCCCC(CC)CC(NC)c1cc(C)ccc1F. The van der Waals surface area contributed by atoms with Crippen molar-refractivity contribution in [1.29, 1.82) is 0 Å². The Balaban J connectivity index is 2.78. The predicted molar refractivity (Wildman–Crippen MR) is 80.9 cm³/mol. The van der Waals surface area contributed by atoms with E-state index >= 15 is 0 Å². The molecule has 0 saturated heterocycles. The number of nitrogens with one attached hydrogen (secondary N) is 1. The van der Waals surface area contributed by atoms with E-state index in [4.69, 9.17) is 0 Å². The van der Waals surface area contributed by atoms with Crippen LogP contribution in [-0.2, 0) is 0 Å². The minimum Gasteiger partial charge on any atom is -0.313 e. The number of benzene rings is 1. The van der Waals surface area contributed by atoms with Crippen LogP contribution in [0.2, 0.25) is 0 Å². The summed E-state index contributed by atoms with van der Waals surface area (Å²) in [6.07, 6.45) is 5.95. The van der Waals surface area contributed by atoms with Crippen LogP contribution in [-0.4, -0.2) is 7.05 Å². The summed E-state index contributed by atoms with van der Waals surface area (Å²) in [5, 5.41) is 3.29. The second-order valence-corrected chi connectivity index (χ2v) is 5.52. The molecule has 1 N–H and O–H groups in total. The molecule has 0 radical (unpaired) electrons. The van der Waals surface area contributed by atoms with Crippen molar-refractivity contribution in [3.63, 3.8) is 0 Å². The first-order valence-corrected chi connectivity index (χ1v) is 7.55. The average molecular weight is 265 g/mol. The summed E-state index contributed by atoms with van der Waals surface area (Å²) in [5.41, 5.74) is 1.94. The average Bonchev–Trinajstić information content (AvgIpc) is 2.42. The van der Waals surface area contributed by atoms with Crippen molar-refractivity contribution < 1.29 is 4.39 Å². The Morgan fingerprint density at radius 3 is 2.58 bits per heavy atom. The Bertz CT molecular complexity index is 376. The van der Waals surface area contributed by atoms with Crippen molar-refractivity contribution >= 4 is 0 Å². The zero-order chi connectivity index (χ0) is 14.3. The van der Waals surface area contributed by atoms with Crippen molar-refractivity contribution in [2.45, 2.75) is 58.9 Å². The third-order valence-corrected chi connectivity index (χ3v) is 3.99. The quantitative estimate of drug-likeness (QED) is 0.697. The Labute approximate surface area is 117 Å². The third-order valence-electron chi connectivity index (χ3n) is 3.99. The van der Waals surface area contributed by atoms with Gasteiger partial charge in [0.1, 0.15) is 5.82 Å². The van der Waals surface area contributed by atoms with E-state index < -0.39 is 0 Å². The molecule has 0 aliphatic carbocycles. The van der Waals surface area contributed by atoms with Gasteiger partial charge in [0.05, 0.1) is 0 Å². The van der Waals surface area contributed by atoms with Gasteiger partial charge in [0.25, 0.3) is 0 Å². The van der Waals surface area contributed by atoms with E-state index in [1.165, 1.54) is 25.7 Å². The van der Waals surface area contributed by atoms with Gasteiger partial charge in [-0.25, -0.2) is 4.39 Å². The maximum absolute atomic E-state index is 14.0. The minimum absolute atomic E-state index is 0.0877. The van der Waals surface area contributed by atoms with Crippen LogP contribution in [0.5, 0.6) is 0 Å². The summed E-state index contributed by atoms with van der Waals surface area (Å²) in [5.74, 6) is 0.590. The van der Waals surface area contributed by atoms with Crippen LogP contribution in [0, 0.1) is 18.7 Å². The zero-order valence-electron chi connectivity index (χ0n) is 12.8. The fourth-order valence-corrected chi connectivity index (χ4v) is 2.65. The highest BCUT2D eigenvalue weighted by Gasteiger charge is 2.18. The third kappa shape index (κ3) is 4.94. The maximum atomic E-state index is 14.0. The topological polar surface area (TPSA) is 12.0 Å². The van der Waals surface area contributed by atoms with Gasteiger partial charge in [0.15, 0.2) is 0 Å². The second kappa shape index (κ2) is 8.31. The van der Waals surface area contributed by atoms with Crippen molar-refractivity contribution in [2.24, 2.45) is 5.92 Å². The highest BCUT2D eigenvalue weighted by Crippen LogP contribution is 2.28. The normalized spacial score (nSPS) is 14.4. The molecule has 2 heteroatoms. The van der Waals surface area contributed by atoms with Gasteiger partial charge >= 0.3 is 0 Å². The molecule has 1 aromatic carbocycles. The highest BCUT2D eigenvalue weighted by atomic mass is 19.1. The molecule has 0 bridgehead atoms. The lowest BCUT2D eigenvalue weighted by Gasteiger charge is -2.23. The number of aryl methyl sites for hydroxylation is 1. The lowest BCUT2D eigenvalue weighted by Crippen LogP contribution is -2.21. The largest absolute Gasteiger partial charge is 0.313 e. The van der Waals surface area contributed by atoms with E-state index in [1.807, 2.05) is 26.1 Å². The van der Waals surface area contributed by atoms with Crippen molar-refractivity contribution in [2.75, 3.05) is 7.05 Å². The summed E-state index contributed by atoms with van der Waals surface area (Å²) in [4.78, 5) is 0. The Morgan fingerprint density at radius 1 is 1.26 bits per heavy atom. The summed E-state index contributed by atoms with van der Waals surface area (Å²) in [6, 6.07) is 5.52. The molecular formula is C17H28FN. The molecule has 2 unspecified atom stereocenters. The molecule has 0 fully saturated rings. The van der Waals surface area contributed by atoms with Gasteiger partial charge in [0.2, 0.25) is 0 Å². The highest BCUT2D eigenvalue weighted by molar-refractivity contribution is 5.26. The second-order valence-electron chi connectivity index (χ2n) is 5.52. The fraction of sp³-hybridized carbons (Fsp3) is 0.647. The fourth-order valence-electron chi connectivity index (χ4n) is 2.65. The first-order valence-electron chi connectivity index (χ1n) is 7.55. The van der Waals surface area contributed by atoms with E-state index in [-0.39, 0.29) is 11.9 Å². The van der Waals surface area contributed by atoms with E-state index in [1.54, 1.807) is 6.07 Å². The first kappa shape index (κ1) is 16.2. The van der Waals surface area contributed by atoms with Crippen molar-refractivity contribution in [3.8, 4) is 0 Å². The predicted octanol–water partition coefficient (Wildman–Crippen LogP) is 5.00. The van der Waals surface area contributed by atoms with E-state index in [0.29, 0.717) is 5.92 Å². The Kier molecular flexibility index (Phi) is 7.07.